The minimum Gasteiger partial charge on any atom is -0.493 e. The molecule has 4 nitrogen and oxygen atoms in total. The normalized spacial score (nSPS) is 16.9. The van der Waals surface area contributed by atoms with E-state index in [4.69, 9.17) is 9.47 Å². The highest BCUT2D eigenvalue weighted by Crippen LogP contribution is 2.32. The van der Waals surface area contributed by atoms with Crippen LogP contribution in [0.2, 0.25) is 0 Å². The predicted molar refractivity (Wildman–Crippen MR) is 88.6 cm³/mol. The molecule has 1 saturated heterocycles. The molecule has 5 heteroatoms. The average Bonchev–Trinajstić information content (AvgIpc) is 3.10. The highest BCUT2D eigenvalue weighted by atomic mass is 19.1. The van der Waals surface area contributed by atoms with Crippen molar-refractivity contribution in [3.8, 4) is 11.5 Å². The summed E-state index contributed by atoms with van der Waals surface area (Å²) in [5, 5.41) is 0. The molecule has 0 radical (unpaired) electrons. The molecule has 1 aliphatic rings. The van der Waals surface area contributed by atoms with Gasteiger partial charge in [-0.1, -0.05) is 24.3 Å². The van der Waals surface area contributed by atoms with Crippen LogP contribution in [0, 0.1) is 5.82 Å². The number of amides is 1. The third-order valence-corrected chi connectivity index (χ3v) is 4.25. The monoisotopic (exact) mass is 329 g/mol. The Balaban J connectivity index is 1.66. The van der Waals surface area contributed by atoms with E-state index in [9.17, 15) is 9.18 Å². The maximum atomic E-state index is 13.1. The number of hydrogen-bond acceptors (Lipinski definition) is 3. The molecule has 3 rings (SSSR count). The lowest BCUT2D eigenvalue weighted by molar-refractivity contribution is -0.134. The zero-order chi connectivity index (χ0) is 16.9. The summed E-state index contributed by atoms with van der Waals surface area (Å²) in [4.78, 5) is 14.4. The van der Waals surface area contributed by atoms with E-state index >= 15 is 0 Å². The second-order valence-corrected chi connectivity index (χ2v) is 5.74. The number of hydrogen-bond donors (Lipinski definition) is 0. The predicted octanol–water partition coefficient (Wildman–Crippen LogP) is 3.58. The van der Waals surface area contributed by atoms with E-state index < -0.39 is 0 Å². The Bertz CT molecular complexity index is 702. The van der Waals surface area contributed by atoms with Crippen molar-refractivity contribution in [2.45, 2.75) is 18.9 Å². The fourth-order valence-electron chi connectivity index (χ4n) is 3.06. The van der Waals surface area contributed by atoms with Crippen molar-refractivity contribution in [1.29, 1.82) is 0 Å². The molecule has 0 spiro atoms. The van der Waals surface area contributed by atoms with Crippen molar-refractivity contribution in [3.63, 3.8) is 0 Å². The first-order valence-electron chi connectivity index (χ1n) is 8.00. The Hall–Kier alpha value is -2.56. The molecule has 0 aromatic heterocycles. The van der Waals surface area contributed by atoms with Gasteiger partial charge in [-0.3, -0.25) is 4.79 Å². The second kappa shape index (κ2) is 7.34. The van der Waals surface area contributed by atoms with E-state index in [1.165, 1.54) is 12.1 Å². The smallest absolute Gasteiger partial charge is 0.261 e. The van der Waals surface area contributed by atoms with Crippen molar-refractivity contribution in [1.82, 2.24) is 4.90 Å². The number of nitrogens with zero attached hydrogens (tertiary/aromatic N) is 1. The number of carbonyl (C=O) groups excluding carboxylic acids is 1. The molecule has 1 atom stereocenters. The van der Waals surface area contributed by atoms with Gasteiger partial charge in [-0.2, -0.15) is 0 Å². The van der Waals surface area contributed by atoms with Crippen molar-refractivity contribution >= 4 is 5.91 Å². The summed E-state index contributed by atoms with van der Waals surface area (Å²) >= 11 is 0. The van der Waals surface area contributed by atoms with Crippen LogP contribution in [0.1, 0.15) is 24.4 Å². The first-order valence-corrected chi connectivity index (χ1v) is 8.00. The fraction of sp³-hybridized carbons (Fsp3) is 0.316. The average molecular weight is 329 g/mol. The summed E-state index contributed by atoms with van der Waals surface area (Å²) in [7, 11) is 1.56. The Labute approximate surface area is 140 Å². The molecule has 1 heterocycles. The zero-order valence-electron chi connectivity index (χ0n) is 13.6. The van der Waals surface area contributed by atoms with Crippen LogP contribution >= 0.6 is 0 Å². The molecule has 2 aromatic carbocycles. The van der Waals surface area contributed by atoms with Gasteiger partial charge in [0, 0.05) is 6.54 Å². The third-order valence-electron chi connectivity index (χ3n) is 4.25. The second-order valence-electron chi connectivity index (χ2n) is 5.74. The molecule has 2 aromatic rings. The van der Waals surface area contributed by atoms with Crippen LogP contribution in [-0.4, -0.2) is 31.1 Å². The minimum atomic E-state index is -0.269. The van der Waals surface area contributed by atoms with Crippen LogP contribution in [0.5, 0.6) is 11.5 Å². The van der Waals surface area contributed by atoms with Gasteiger partial charge in [0.1, 0.15) is 5.82 Å². The van der Waals surface area contributed by atoms with E-state index in [0.717, 1.165) is 18.4 Å². The summed E-state index contributed by atoms with van der Waals surface area (Å²) in [6, 6.07) is 13.6. The molecule has 1 amide bonds. The van der Waals surface area contributed by atoms with Gasteiger partial charge < -0.3 is 14.4 Å². The Morgan fingerprint density at radius 2 is 1.88 bits per heavy atom. The topological polar surface area (TPSA) is 38.8 Å². The van der Waals surface area contributed by atoms with Crippen LogP contribution in [0.25, 0.3) is 0 Å². The molecular weight excluding hydrogens is 309 g/mol. The molecule has 1 aliphatic heterocycles. The molecule has 0 saturated carbocycles. The molecule has 0 bridgehead atoms. The van der Waals surface area contributed by atoms with Crippen LogP contribution < -0.4 is 9.47 Å². The highest BCUT2D eigenvalue weighted by molar-refractivity contribution is 5.78. The quantitative estimate of drug-likeness (QED) is 0.842. The Kier molecular flexibility index (Phi) is 4.99. The lowest BCUT2D eigenvalue weighted by atomic mass is 10.0. The van der Waals surface area contributed by atoms with E-state index in [-0.39, 0.29) is 24.4 Å². The van der Waals surface area contributed by atoms with Gasteiger partial charge >= 0.3 is 0 Å². The van der Waals surface area contributed by atoms with E-state index in [1.807, 2.05) is 17.0 Å². The van der Waals surface area contributed by atoms with Crippen LogP contribution in [0.4, 0.5) is 4.39 Å². The van der Waals surface area contributed by atoms with E-state index in [2.05, 4.69) is 0 Å². The van der Waals surface area contributed by atoms with Gasteiger partial charge in [-0.05, 0) is 42.7 Å². The summed E-state index contributed by atoms with van der Waals surface area (Å²) in [6.45, 7) is 0.647. The van der Waals surface area contributed by atoms with E-state index in [1.54, 1.807) is 31.4 Å². The maximum Gasteiger partial charge on any atom is 0.261 e. The highest BCUT2D eigenvalue weighted by Gasteiger charge is 2.30. The molecule has 1 fully saturated rings. The zero-order valence-corrected chi connectivity index (χ0v) is 13.6. The molecule has 0 aliphatic carbocycles. The van der Waals surface area contributed by atoms with Gasteiger partial charge in [0.15, 0.2) is 18.1 Å². The first kappa shape index (κ1) is 16.3. The fourth-order valence-corrected chi connectivity index (χ4v) is 3.06. The SMILES string of the molecule is COc1ccccc1OCC(=O)N1CCCC1c1ccc(F)cc1. The number of benzene rings is 2. The van der Waals surface area contributed by atoms with Crippen LogP contribution in [0.3, 0.4) is 0 Å². The summed E-state index contributed by atoms with van der Waals surface area (Å²) < 4.78 is 23.9. The summed E-state index contributed by atoms with van der Waals surface area (Å²) in [5.74, 6) is 0.801. The Morgan fingerprint density at radius 1 is 1.17 bits per heavy atom. The molecule has 0 N–H and O–H groups in total. The van der Waals surface area contributed by atoms with Crippen molar-refractivity contribution in [2.24, 2.45) is 0 Å². The largest absolute Gasteiger partial charge is 0.493 e. The molecule has 24 heavy (non-hydrogen) atoms. The lowest BCUT2D eigenvalue weighted by Crippen LogP contribution is -2.34. The lowest BCUT2D eigenvalue weighted by Gasteiger charge is -2.25. The third kappa shape index (κ3) is 3.50. The number of carbonyl (C=O) groups is 1. The minimum absolute atomic E-state index is 0.0145. The molecule has 126 valence electrons. The van der Waals surface area contributed by atoms with Crippen LogP contribution in [0.15, 0.2) is 48.5 Å². The van der Waals surface area contributed by atoms with Gasteiger partial charge in [0.25, 0.3) is 5.91 Å². The van der Waals surface area contributed by atoms with E-state index in [0.29, 0.717) is 18.0 Å². The number of likely N-dealkylation sites (tertiary alicyclic amines) is 1. The van der Waals surface area contributed by atoms with Crippen LogP contribution in [-0.2, 0) is 4.79 Å². The Morgan fingerprint density at radius 3 is 2.58 bits per heavy atom. The molecular formula is C19H20FNO3. The van der Waals surface area contributed by atoms with Crippen molar-refractivity contribution < 1.29 is 18.7 Å². The standard InChI is InChI=1S/C19H20FNO3/c1-23-17-6-2-3-7-18(17)24-13-19(22)21-12-4-5-16(21)14-8-10-15(20)11-9-14/h2-3,6-11,16H,4-5,12-13H2,1H3. The van der Waals surface area contributed by atoms with Gasteiger partial charge in [0.05, 0.1) is 13.2 Å². The number of para-hydroxylation sites is 2. The van der Waals surface area contributed by atoms with Gasteiger partial charge in [-0.15, -0.1) is 0 Å². The van der Waals surface area contributed by atoms with Crippen molar-refractivity contribution in [2.75, 3.05) is 20.3 Å². The number of rotatable bonds is 5. The number of ether oxygens (including phenoxy) is 2. The van der Waals surface area contributed by atoms with Gasteiger partial charge in [0.2, 0.25) is 0 Å². The van der Waals surface area contributed by atoms with Crippen molar-refractivity contribution in [3.05, 3.63) is 59.9 Å². The number of methoxy groups -OCH3 is 1. The maximum absolute atomic E-state index is 13.1. The summed E-state index contributed by atoms with van der Waals surface area (Å²) in [6.07, 6.45) is 1.81. The number of halogens is 1. The molecule has 1 unspecified atom stereocenters. The first-order chi connectivity index (χ1) is 11.7. The van der Waals surface area contributed by atoms with Gasteiger partial charge in [-0.25, -0.2) is 4.39 Å². The summed E-state index contributed by atoms with van der Waals surface area (Å²) in [5.41, 5.74) is 0.958.